The lowest BCUT2D eigenvalue weighted by molar-refractivity contribution is -0.425. The summed E-state index contributed by atoms with van der Waals surface area (Å²) in [6.45, 7) is 0. The number of fused-ring (bicyclic) bond motifs is 1. The molecule has 1 aromatic rings. The van der Waals surface area contributed by atoms with Crippen LogP contribution in [0, 0.1) is 0 Å². The number of carbonyl (C=O) groups excluding carboxylic acids is 1. The summed E-state index contributed by atoms with van der Waals surface area (Å²) in [5.41, 5.74) is 6.59. The van der Waals surface area contributed by atoms with Gasteiger partial charge in [-0.2, -0.15) is 0 Å². The van der Waals surface area contributed by atoms with Crippen LogP contribution in [0.5, 0.6) is 5.75 Å². The number of amides is 1. The summed E-state index contributed by atoms with van der Waals surface area (Å²) in [4.78, 5) is 11.0. The summed E-state index contributed by atoms with van der Waals surface area (Å²) in [6, 6.07) is 6.08. The van der Waals surface area contributed by atoms with Gasteiger partial charge in [-0.1, -0.05) is 6.07 Å². The lowest BCUT2D eigenvalue weighted by Gasteiger charge is -2.06. The lowest BCUT2D eigenvalue weighted by atomic mass is 10.1. The molecule has 4 N–H and O–H groups in total. The maximum atomic E-state index is 11.0. The van der Waals surface area contributed by atoms with Gasteiger partial charge in [0.05, 0.1) is 0 Å². The number of ether oxygens (including phenoxy) is 1. The maximum absolute atomic E-state index is 11.0. The number of aryl methyl sites for hydroxylation is 1. The quantitative estimate of drug-likeness (QED) is 0.709. The number of carbonyl (C=O) groups is 1. The zero-order chi connectivity index (χ0) is 10.8. The Hall–Kier alpha value is -1.55. The Labute approximate surface area is 88.4 Å². The Bertz CT molecular complexity index is 390. The first-order valence-corrected chi connectivity index (χ1v) is 5.06. The van der Waals surface area contributed by atoms with E-state index in [0.29, 0.717) is 11.8 Å². The van der Waals surface area contributed by atoms with Gasteiger partial charge in [-0.3, -0.25) is 0 Å². The van der Waals surface area contributed by atoms with Crippen LogP contribution < -0.4 is 15.8 Å². The molecule has 1 aliphatic carbocycles. The molecule has 0 saturated heterocycles. The highest BCUT2D eigenvalue weighted by atomic mass is 16.5. The van der Waals surface area contributed by atoms with Gasteiger partial charge in [0, 0.05) is 19.0 Å². The number of hydrogen-bond donors (Lipinski definition) is 2. The molecule has 1 unspecified atom stereocenters. The Kier molecular flexibility index (Phi) is 2.60. The predicted octanol–water partition coefficient (Wildman–Crippen LogP) is 0.634. The van der Waals surface area contributed by atoms with E-state index in [2.05, 4.69) is 11.1 Å². The Morgan fingerprint density at radius 3 is 3.13 bits per heavy atom. The van der Waals surface area contributed by atoms with E-state index in [9.17, 15) is 4.79 Å². The molecule has 0 aromatic heterocycles. The molecular weight excluding hydrogens is 192 g/mol. The summed E-state index contributed by atoms with van der Waals surface area (Å²) < 4.78 is 5.06. The first kappa shape index (κ1) is 9.98. The van der Waals surface area contributed by atoms with E-state index >= 15 is 0 Å². The zero-order valence-corrected chi connectivity index (χ0v) is 8.75. The number of nitrogens with one attached hydrogen (secondary N) is 1. The molecule has 0 radical (unpaired) electrons. The first-order valence-electron chi connectivity index (χ1n) is 5.06. The van der Waals surface area contributed by atoms with Gasteiger partial charge in [0.2, 0.25) is 0 Å². The average molecular weight is 207 g/mol. The van der Waals surface area contributed by atoms with Crippen LogP contribution in [0.4, 0.5) is 4.79 Å². The van der Waals surface area contributed by atoms with E-state index in [-0.39, 0.29) is 0 Å². The monoisotopic (exact) mass is 207 g/mol. The molecule has 4 heteroatoms. The van der Waals surface area contributed by atoms with Gasteiger partial charge in [-0.15, -0.1) is 0 Å². The second-order valence-electron chi connectivity index (χ2n) is 3.74. The third-order valence-electron chi connectivity index (χ3n) is 2.73. The SMILES string of the molecule is CNC(=O)Oc1ccc2c(c1)C([NH3+])CC2. The van der Waals surface area contributed by atoms with Crippen molar-refractivity contribution in [3.8, 4) is 5.75 Å². The van der Waals surface area contributed by atoms with Gasteiger partial charge < -0.3 is 15.8 Å². The largest absolute Gasteiger partial charge is 0.412 e. The van der Waals surface area contributed by atoms with Crippen LogP contribution in [0.1, 0.15) is 23.6 Å². The summed E-state index contributed by atoms with van der Waals surface area (Å²) in [6.07, 6.45) is 1.72. The summed E-state index contributed by atoms with van der Waals surface area (Å²) in [5, 5.41) is 2.42. The molecular formula is C11H15N2O2+. The maximum Gasteiger partial charge on any atom is 0.412 e. The molecule has 2 rings (SSSR count). The molecule has 15 heavy (non-hydrogen) atoms. The fourth-order valence-electron chi connectivity index (χ4n) is 1.89. The zero-order valence-electron chi connectivity index (χ0n) is 8.75. The Balaban J connectivity index is 2.21. The second-order valence-corrected chi connectivity index (χ2v) is 3.74. The smallest absolute Gasteiger partial charge is 0.410 e. The summed E-state index contributed by atoms with van der Waals surface area (Å²) in [7, 11) is 1.54. The fourth-order valence-corrected chi connectivity index (χ4v) is 1.89. The van der Waals surface area contributed by atoms with Crippen molar-refractivity contribution in [1.29, 1.82) is 0 Å². The molecule has 1 aliphatic rings. The van der Waals surface area contributed by atoms with Gasteiger partial charge in [0.25, 0.3) is 0 Å². The number of quaternary nitrogens is 1. The van der Waals surface area contributed by atoms with Crippen LogP contribution in [0.2, 0.25) is 0 Å². The predicted molar refractivity (Wildman–Crippen MR) is 55.5 cm³/mol. The van der Waals surface area contributed by atoms with E-state index in [1.807, 2.05) is 18.2 Å². The Morgan fingerprint density at radius 1 is 1.60 bits per heavy atom. The van der Waals surface area contributed by atoms with Crippen molar-refractivity contribution >= 4 is 6.09 Å². The molecule has 0 saturated carbocycles. The molecule has 1 atom stereocenters. The van der Waals surface area contributed by atoms with E-state index in [4.69, 9.17) is 4.74 Å². The van der Waals surface area contributed by atoms with Crippen molar-refractivity contribution in [2.75, 3.05) is 7.05 Å². The second kappa shape index (κ2) is 3.90. The molecule has 0 bridgehead atoms. The third-order valence-corrected chi connectivity index (χ3v) is 2.73. The third kappa shape index (κ3) is 1.94. The fraction of sp³-hybridized carbons (Fsp3) is 0.364. The molecule has 0 heterocycles. The first-order chi connectivity index (χ1) is 7.20. The number of hydrogen-bond acceptors (Lipinski definition) is 2. The van der Waals surface area contributed by atoms with Crippen LogP contribution in [0.25, 0.3) is 0 Å². The number of rotatable bonds is 1. The minimum Gasteiger partial charge on any atom is -0.410 e. The minimum atomic E-state index is -0.437. The van der Waals surface area contributed by atoms with Crippen LogP contribution in [0.15, 0.2) is 18.2 Å². The van der Waals surface area contributed by atoms with Crippen molar-refractivity contribution < 1.29 is 15.3 Å². The topological polar surface area (TPSA) is 66.0 Å². The summed E-state index contributed by atoms with van der Waals surface area (Å²) in [5.74, 6) is 0.587. The summed E-state index contributed by atoms with van der Waals surface area (Å²) >= 11 is 0. The minimum absolute atomic E-state index is 0.327. The van der Waals surface area contributed by atoms with E-state index in [1.54, 1.807) is 7.05 Å². The lowest BCUT2D eigenvalue weighted by Crippen LogP contribution is -2.52. The molecule has 0 fully saturated rings. The molecule has 80 valence electrons. The van der Waals surface area contributed by atoms with Gasteiger partial charge in [0.15, 0.2) is 0 Å². The normalized spacial score (nSPS) is 18.4. The van der Waals surface area contributed by atoms with E-state index in [0.717, 1.165) is 12.8 Å². The van der Waals surface area contributed by atoms with Crippen molar-refractivity contribution in [2.24, 2.45) is 0 Å². The van der Waals surface area contributed by atoms with Crippen molar-refractivity contribution in [3.05, 3.63) is 29.3 Å². The van der Waals surface area contributed by atoms with Crippen molar-refractivity contribution in [1.82, 2.24) is 5.32 Å². The van der Waals surface area contributed by atoms with Gasteiger partial charge in [0.1, 0.15) is 11.8 Å². The molecule has 4 nitrogen and oxygen atoms in total. The van der Waals surface area contributed by atoms with Gasteiger partial charge in [-0.05, 0) is 24.1 Å². The molecule has 0 spiro atoms. The van der Waals surface area contributed by atoms with Crippen molar-refractivity contribution in [3.63, 3.8) is 0 Å². The highest BCUT2D eigenvalue weighted by Crippen LogP contribution is 2.30. The van der Waals surface area contributed by atoms with E-state index in [1.165, 1.54) is 11.1 Å². The molecule has 1 amide bonds. The van der Waals surface area contributed by atoms with Crippen LogP contribution >= 0.6 is 0 Å². The van der Waals surface area contributed by atoms with Crippen LogP contribution in [-0.2, 0) is 6.42 Å². The van der Waals surface area contributed by atoms with E-state index < -0.39 is 6.09 Å². The highest BCUT2D eigenvalue weighted by molar-refractivity contribution is 5.70. The molecule has 0 aliphatic heterocycles. The van der Waals surface area contributed by atoms with Gasteiger partial charge in [-0.25, -0.2) is 4.79 Å². The number of benzene rings is 1. The average Bonchev–Trinajstić information content (AvgIpc) is 2.60. The molecule has 1 aromatic carbocycles. The van der Waals surface area contributed by atoms with Crippen LogP contribution in [-0.4, -0.2) is 13.1 Å². The van der Waals surface area contributed by atoms with Crippen molar-refractivity contribution in [2.45, 2.75) is 18.9 Å². The highest BCUT2D eigenvalue weighted by Gasteiger charge is 2.22. The Morgan fingerprint density at radius 2 is 2.40 bits per heavy atom. The standard InChI is InChI=1S/C11H14N2O2/c1-13-11(14)15-8-4-2-7-3-5-10(12)9(7)6-8/h2,4,6,10H,3,5,12H2,1H3,(H,13,14)/p+1. The van der Waals surface area contributed by atoms with Crippen LogP contribution in [0.3, 0.4) is 0 Å². The van der Waals surface area contributed by atoms with Gasteiger partial charge >= 0.3 is 6.09 Å².